The minimum Gasteiger partial charge on any atom is -0.326 e. The SMILES string of the molecule is Cc1nn(Cc2ccc(C(F)(F)F)cc2)c(C)c1CN. The average molecular weight is 283 g/mol. The van der Waals surface area contributed by atoms with E-state index in [2.05, 4.69) is 5.10 Å². The monoisotopic (exact) mass is 283 g/mol. The Balaban J connectivity index is 2.23. The average Bonchev–Trinajstić information content (AvgIpc) is 2.63. The van der Waals surface area contributed by atoms with Gasteiger partial charge in [0.05, 0.1) is 17.8 Å². The van der Waals surface area contributed by atoms with Gasteiger partial charge in [0.15, 0.2) is 0 Å². The maximum absolute atomic E-state index is 12.5. The zero-order valence-corrected chi connectivity index (χ0v) is 11.3. The van der Waals surface area contributed by atoms with Crippen LogP contribution in [0, 0.1) is 13.8 Å². The molecule has 2 rings (SSSR count). The standard InChI is InChI=1S/C14H16F3N3/c1-9-13(7-18)10(2)20(19-9)8-11-3-5-12(6-4-11)14(15,16)17/h3-6H,7-8,18H2,1-2H3. The van der Waals surface area contributed by atoms with E-state index in [1.54, 1.807) is 4.68 Å². The lowest BCUT2D eigenvalue weighted by molar-refractivity contribution is -0.137. The van der Waals surface area contributed by atoms with Gasteiger partial charge >= 0.3 is 6.18 Å². The molecule has 2 aromatic rings. The van der Waals surface area contributed by atoms with Gasteiger partial charge in [-0.25, -0.2) is 0 Å². The maximum atomic E-state index is 12.5. The van der Waals surface area contributed by atoms with Crippen LogP contribution in [0.5, 0.6) is 0 Å². The Bertz CT molecular complexity index is 597. The second-order valence-corrected chi connectivity index (χ2v) is 4.71. The van der Waals surface area contributed by atoms with Gasteiger partial charge < -0.3 is 5.73 Å². The zero-order chi connectivity index (χ0) is 14.9. The Hall–Kier alpha value is -1.82. The van der Waals surface area contributed by atoms with Crippen LogP contribution in [0.2, 0.25) is 0 Å². The van der Waals surface area contributed by atoms with Crippen LogP contribution in [0.3, 0.4) is 0 Å². The number of aromatic nitrogens is 2. The van der Waals surface area contributed by atoms with Gasteiger partial charge in [0, 0.05) is 17.8 Å². The van der Waals surface area contributed by atoms with Crippen molar-refractivity contribution in [3.05, 3.63) is 52.3 Å². The van der Waals surface area contributed by atoms with Crippen LogP contribution < -0.4 is 5.73 Å². The molecule has 1 aromatic carbocycles. The van der Waals surface area contributed by atoms with Gasteiger partial charge in [0.2, 0.25) is 0 Å². The van der Waals surface area contributed by atoms with Crippen molar-refractivity contribution in [2.24, 2.45) is 5.73 Å². The van der Waals surface area contributed by atoms with E-state index in [0.717, 1.165) is 34.6 Å². The Morgan fingerprint density at radius 3 is 2.20 bits per heavy atom. The van der Waals surface area contributed by atoms with Gasteiger partial charge in [0.1, 0.15) is 0 Å². The minimum absolute atomic E-state index is 0.407. The first-order chi connectivity index (χ1) is 9.32. The lowest BCUT2D eigenvalue weighted by Gasteiger charge is -2.09. The Labute approximate surface area is 115 Å². The molecule has 6 heteroatoms. The van der Waals surface area contributed by atoms with E-state index in [1.807, 2.05) is 13.8 Å². The molecule has 1 aromatic heterocycles. The summed E-state index contributed by atoms with van der Waals surface area (Å²) in [6.07, 6.45) is -4.30. The molecule has 1 heterocycles. The topological polar surface area (TPSA) is 43.8 Å². The summed E-state index contributed by atoms with van der Waals surface area (Å²) >= 11 is 0. The first-order valence-corrected chi connectivity index (χ1v) is 6.22. The molecular weight excluding hydrogens is 267 g/mol. The second kappa shape index (κ2) is 5.28. The van der Waals surface area contributed by atoms with E-state index in [-0.39, 0.29) is 0 Å². The third-order valence-electron chi connectivity index (χ3n) is 3.35. The number of benzene rings is 1. The van der Waals surface area contributed by atoms with Gasteiger partial charge in [-0.15, -0.1) is 0 Å². The van der Waals surface area contributed by atoms with E-state index in [0.29, 0.717) is 13.1 Å². The van der Waals surface area contributed by atoms with Crippen molar-refractivity contribution < 1.29 is 13.2 Å². The first kappa shape index (κ1) is 14.6. The van der Waals surface area contributed by atoms with Crippen LogP contribution in [0.25, 0.3) is 0 Å². The van der Waals surface area contributed by atoms with E-state index in [9.17, 15) is 13.2 Å². The minimum atomic E-state index is -4.30. The largest absolute Gasteiger partial charge is 0.416 e. The highest BCUT2D eigenvalue weighted by Crippen LogP contribution is 2.29. The summed E-state index contributed by atoms with van der Waals surface area (Å²) in [5, 5.41) is 4.36. The highest BCUT2D eigenvalue weighted by Gasteiger charge is 2.29. The molecule has 0 saturated carbocycles. The van der Waals surface area contributed by atoms with Crippen LogP contribution in [-0.4, -0.2) is 9.78 Å². The smallest absolute Gasteiger partial charge is 0.326 e. The third kappa shape index (κ3) is 2.85. The predicted octanol–water partition coefficient (Wildman–Crippen LogP) is 3.03. The van der Waals surface area contributed by atoms with E-state index in [4.69, 9.17) is 5.73 Å². The predicted molar refractivity (Wildman–Crippen MR) is 70.1 cm³/mol. The van der Waals surface area contributed by atoms with Crippen LogP contribution in [0.4, 0.5) is 13.2 Å². The molecule has 0 fully saturated rings. The highest BCUT2D eigenvalue weighted by atomic mass is 19.4. The van der Waals surface area contributed by atoms with Crippen LogP contribution in [0.15, 0.2) is 24.3 Å². The molecule has 0 aliphatic carbocycles. The molecule has 108 valence electrons. The molecule has 2 N–H and O–H groups in total. The van der Waals surface area contributed by atoms with Gasteiger partial charge in [-0.2, -0.15) is 18.3 Å². The number of aryl methyl sites for hydroxylation is 1. The molecule has 3 nitrogen and oxygen atoms in total. The van der Waals surface area contributed by atoms with E-state index >= 15 is 0 Å². The van der Waals surface area contributed by atoms with E-state index in [1.165, 1.54) is 12.1 Å². The fourth-order valence-corrected chi connectivity index (χ4v) is 2.16. The molecular formula is C14H16F3N3. The summed E-state index contributed by atoms with van der Waals surface area (Å²) in [5.74, 6) is 0. The summed E-state index contributed by atoms with van der Waals surface area (Å²) < 4.78 is 39.2. The molecule has 20 heavy (non-hydrogen) atoms. The third-order valence-corrected chi connectivity index (χ3v) is 3.35. The molecule has 0 spiro atoms. The molecule has 0 bridgehead atoms. The number of rotatable bonds is 3. The fourth-order valence-electron chi connectivity index (χ4n) is 2.16. The summed E-state index contributed by atoms with van der Waals surface area (Å²) in [7, 11) is 0. The van der Waals surface area contributed by atoms with Crippen molar-refractivity contribution in [1.82, 2.24) is 9.78 Å². The number of nitrogens with zero attached hydrogens (tertiary/aromatic N) is 2. The van der Waals surface area contributed by atoms with Gasteiger partial charge in [-0.3, -0.25) is 4.68 Å². The second-order valence-electron chi connectivity index (χ2n) is 4.71. The molecule has 0 unspecified atom stereocenters. The van der Waals surface area contributed by atoms with Crippen molar-refractivity contribution in [3.63, 3.8) is 0 Å². The quantitative estimate of drug-likeness (QED) is 0.941. The number of nitrogens with two attached hydrogens (primary N) is 1. The van der Waals surface area contributed by atoms with Gasteiger partial charge in [-0.1, -0.05) is 12.1 Å². The molecule has 0 atom stereocenters. The normalized spacial score (nSPS) is 11.9. The molecule has 0 radical (unpaired) electrons. The molecule has 0 saturated heterocycles. The Morgan fingerprint density at radius 1 is 1.15 bits per heavy atom. The zero-order valence-electron chi connectivity index (χ0n) is 11.3. The summed E-state index contributed by atoms with van der Waals surface area (Å²) in [6.45, 7) is 4.63. The summed E-state index contributed by atoms with van der Waals surface area (Å²) in [4.78, 5) is 0. The number of hydrogen-bond donors (Lipinski definition) is 1. The summed E-state index contributed by atoms with van der Waals surface area (Å²) in [6, 6.07) is 5.12. The van der Waals surface area contributed by atoms with Crippen molar-refractivity contribution in [1.29, 1.82) is 0 Å². The van der Waals surface area contributed by atoms with Crippen molar-refractivity contribution in [3.8, 4) is 0 Å². The van der Waals surface area contributed by atoms with Crippen molar-refractivity contribution in [2.75, 3.05) is 0 Å². The Morgan fingerprint density at radius 2 is 1.75 bits per heavy atom. The van der Waals surface area contributed by atoms with E-state index < -0.39 is 11.7 Å². The molecule has 0 aliphatic heterocycles. The Kier molecular flexibility index (Phi) is 3.85. The van der Waals surface area contributed by atoms with Crippen LogP contribution >= 0.6 is 0 Å². The van der Waals surface area contributed by atoms with Crippen molar-refractivity contribution in [2.45, 2.75) is 33.1 Å². The van der Waals surface area contributed by atoms with Crippen LogP contribution in [-0.2, 0) is 19.3 Å². The number of hydrogen-bond acceptors (Lipinski definition) is 2. The number of halogens is 3. The molecule has 0 aliphatic rings. The maximum Gasteiger partial charge on any atom is 0.416 e. The highest BCUT2D eigenvalue weighted by molar-refractivity contribution is 5.27. The first-order valence-electron chi connectivity index (χ1n) is 6.22. The van der Waals surface area contributed by atoms with Gasteiger partial charge in [0.25, 0.3) is 0 Å². The van der Waals surface area contributed by atoms with Crippen LogP contribution in [0.1, 0.15) is 28.1 Å². The lowest BCUT2D eigenvalue weighted by Crippen LogP contribution is -2.07. The lowest BCUT2D eigenvalue weighted by atomic mass is 10.1. The summed E-state index contributed by atoms with van der Waals surface area (Å²) in [5.41, 5.74) is 8.57. The fraction of sp³-hybridized carbons (Fsp3) is 0.357. The number of alkyl halides is 3. The van der Waals surface area contributed by atoms with Gasteiger partial charge in [-0.05, 0) is 31.5 Å². The van der Waals surface area contributed by atoms with Crippen molar-refractivity contribution >= 4 is 0 Å². The molecule has 0 amide bonds.